The van der Waals surface area contributed by atoms with E-state index in [2.05, 4.69) is 44.8 Å². The van der Waals surface area contributed by atoms with Gasteiger partial charge in [0.05, 0.1) is 5.71 Å². The van der Waals surface area contributed by atoms with Crippen LogP contribution in [0, 0.1) is 6.92 Å². The molecule has 156 valence electrons. The Morgan fingerprint density at radius 3 is 2.55 bits per heavy atom. The number of nitrogens with zero attached hydrogens (tertiary/aromatic N) is 5. The summed E-state index contributed by atoms with van der Waals surface area (Å²) in [5, 5.41) is 27.5. The lowest BCUT2D eigenvalue weighted by molar-refractivity contribution is 0.317. The molecule has 4 aromatic rings. The molecule has 2 heterocycles. The highest BCUT2D eigenvalue weighted by Crippen LogP contribution is 2.32. The highest BCUT2D eigenvalue weighted by atomic mass is 16.4. The number of rotatable bonds is 6. The van der Waals surface area contributed by atoms with Gasteiger partial charge in [-0.05, 0) is 34.9 Å². The third-order valence-corrected chi connectivity index (χ3v) is 5.42. The van der Waals surface area contributed by atoms with Crippen LogP contribution in [-0.2, 0) is 7.05 Å². The van der Waals surface area contributed by atoms with Gasteiger partial charge in [0.25, 0.3) is 0 Å². The Bertz CT molecular complexity index is 1260. The van der Waals surface area contributed by atoms with Gasteiger partial charge >= 0.3 is 0 Å². The first-order valence-corrected chi connectivity index (χ1v) is 9.84. The predicted octanol–water partition coefficient (Wildman–Crippen LogP) is 3.27. The van der Waals surface area contributed by atoms with Gasteiger partial charge in [0.15, 0.2) is 0 Å². The van der Waals surface area contributed by atoms with Crippen LogP contribution in [0.4, 0.5) is 0 Å². The first-order chi connectivity index (χ1) is 15.1. The van der Waals surface area contributed by atoms with E-state index in [1.165, 1.54) is 10.6 Å². The Labute approximate surface area is 178 Å². The van der Waals surface area contributed by atoms with Crippen LogP contribution in [0.3, 0.4) is 0 Å². The molecule has 2 aromatic carbocycles. The first-order valence-electron chi connectivity index (χ1n) is 9.84. The van der Waals surface area contributed by atoms with Crippen LogP contribution in [0.1, 0.15) is 34.6 Å². The number of nitrogens with one attached hydrogen (secondary N) is 1. The summed E-state index contributed by atoms with van der Waals surface area (Å²) < 4.78 is 1.48. The summed E-state index contributed by atoms with van der Waals surface area (Å²) in [5.41, 5.74) is 5.29. The van der Waals surface area contributed by atoms with Crippen LogP contribution in [-0.4, -0.2) is 36.1 Å². The number of H-pyrrole nitrogens is 1. The Balaban J connectivity index is 1.73. The zero-order chi connectivity index (χ0) is 21.8. The van der Waals surface area contributed by atoms with Gasteiger partial charge in [-0.2, -0.15) is 5.21 Å². The van der Waals surface area contributed by atoms with Gasteiger partial charge in [0.1, 0.15) is 0 Å². The van der Waals surface area contributed by atoms with Crippen molar-refractivity contribution in [3.8, 4) is 11.4 Å². The van der Waals surface area contributed by atoms with E-state index in [0.29, 0.717) is 23.5 Å². The number of hydrogen-bond acceptors (Lipinski definition) is 6. The summed E-state index contributed by atoms with van der Waals surface area (Å²) in [6.45, 7) is 2.07. The summed E-state index contributed by atoms with van der Waals surface area (Å²) in [4.78, 5) is 11.8. The lowest BCUT2D eigenvalue weighted by Gasteiger charge is -2.21. The van der Waals surface area contributed by atoms with E-state index in [-0.39, 0.29) is 11.5 Å². The van der Waals surface area contributed by atoms with Crippen LogP contribution in [0.5, 0.6) is 0 Å². The topological polar surface area (TPSA) is 109 Å². The molecular weight excluding hydrogens is 392 g/mol. The molecule has 31 heavy (non-hydrogen) atoms. The summed E-state index contributed by atoms with van der Waals surface area (Å²) in [6, 6.07) is 19.3. The molecule has 0 saturated heterocycles. The molecule has 0 spiro atoms. The molecule has 0 saturated carbocycles. The van der Waals surface area contributed by atoms with Crippen molar-refractivity contribution in [2.45, 2.75) is 19.3 Å². The van der Waals surface area contributed by atoms with Crippen molar-refractivity contribution in [2.24, 2.45) is 12.2 Å². The Hall–Kier alpha value is -4.07. The summed E-state index contributed by atoms with van der Waals surface area (Å²) in [5.74, 6) is 0.477. The van der Waals surface area contributed by atoms with E-state index in [4.69, 9.17) is 0 Å². The fourth-order valence-corrected chi connectivity index (χ4v) is 3.71. The minimum Gasteiger partial charge on any atom is -0.411 e. The smallest absolute Gasteiger partial charge is 0.250 e. The van der Waals surface area contributed by atoms with Gasteiger partial charge in [0.2, 0.25) is 11.4 Å². The van der Waals surface area contributed by atoms with Crippen molar-refractivity contribution >= 4 is 5.71 Å². The summed E-state index contributed by atoms with van der Waals surface area (Å²) in [7, 11) is 1.68. The van der Waals surface area contributed by atoms with Gasteiger partial charge < -0.3 is 9.77 Å². The molecule has 2 aromatic heterocycles. The molecule has 0 aliphatic carbocycles. The first kappa shape index (κ1) is 20.2. The predicted molar refractivity (Wildman–Crippen MR) is 117 cm³/mol. The van der Waals surface area contributed by atoms with Gasteiger partial charge in [-0.3, -0.25) is 4.79 Å². The number of oxime groups is 1. The SMILES string of the molecule is Cc1ccccc1C(C/C(=N/O)c1ccc(=O)n(C)c1)c1ccc(-c2nn[nH]n2)cc1. The van der Waals surface area contributed by atoms with Crippen LogP contribution in [0.15, 0.2) is 76.8 Å². The standard InChI is InChI=1S/C23H22N6O2/c1-15-5-3-4-6-19(15)20(13-21(26-31)18-11-12-22(30)29(2)14-18)16-7-9-17(10-8-16)23-24-27-28-25-23/h3-12,14,20,31H,13H2,1-2H3,(H,24,25,27,28)/b26-21-. The van der Waals surface area contributed by atoms with Gasteiger partial charge in [-0.15, -0.1) is 10.2 Å². The van der Waals surface area contributed by atoms with Crippen molar-refractivity contribution in [3.05, 3.63) is 99.5 Å². The van der Waals surface area contributed by atoms with Crippen LogP contribution >= 0.6 is 0 Å². The molecule has 1 atom stereocenters. The van der Waals surface area contributed by atoms with E-state index >= 15 is 0 Å². The lowest BCUT2D eigenvalue weighted by Crippen LogP contribution is -2.18. The molecule has 0 aliphatic heterocycles. The number of aromatic amines is 1. The Morgan fingerprint density at radius 2 is 1.90 bits per heavy atom. The summed E-state index contributed by atoms with van der Waals surface area (Å²) in [6.07, 6.45) is 2.15. The maximum atomic E-state index is 11.8. The molecule has 8 heteroatoms. The Kier molecular flexibility index (Phi) is 5.70. The second-order valence-electron chi connectivity index (χ2n) is 7.38. The molecule has 0 bridgehead atoms. The van der Waals surface area contributed by atoms with Crippen molar-refractivity contribution in [1.29, 1.82) is 0 Å². The molecule has 4 rings (SSSR count). The van der Waals surface area contributed by atoms with E-state index < -0.39 is 0 Å². The quantitative estimate of drug-likeness (QED) is 0.286. The highest BCUT2D eigenvalue weighted by Gasteiger charge is 2.21. The van der Waals surface area contributed by atoms with E-state index in [9.17, 15) is 10.0 Å². The third-order valence-electron chi connectivity index (χ3n) is 5.42. The highest BCUT2D eigenvalue weighted by molar-refractivity contribution is 6.00. The zero-order valence-electron chi connectivity index (χ0n) is 17.2. The van der Waals surface area contributed by atoms with Crippen molar-refractivity contribution < 1.29 is 5.21 Å². The van der Waals surface area contributed by atoms with Gasteiger partial charge in [-0.1, -0.05) is 53.7 Å². The normalized spacial score (nSPS) is 12.6. The molecule has 1 unspecified atom stereocenters. The summed E-state index contributed by atoms with van der Waals surface area (Å²) >= 11 is 0. The lowest BCUT2D eigenvalue weighted by atomic mass is 9.83. The third kappa shape index (κ3) is 4.28. The molecule has 2 N–H and O–H groups in total. The van der Waals surface area contributed by atoms with Gasteiger partial charge in [0, 0.05) is 42.8 Å². The van der Waals surface area contributed by atoms with Crippen molar-refractivity contribution in [2.75, 3.05) is 0 Å². The monoisotopic (exact) mass is 414 g/mol. The number of aryl methyl sites for hydroxylation is 2. The second kappa shape index (κ2) is 8.74. The van der Waals surface area contributed by atoms with Gasteiger partial charge in [-0.25, -0.2) is 0 Å². The second-order valence-corrected chi connectivity index (χ2v) is 7.38. The number of pyridine rings is 1. The number of benzene rings is 2. The fourth-order valence-electron chi connectivity index (χ4n) is 3.71. The van der Waals surface area contributed by atoms with Crippen molar-refractivity contribution in [3.63, 3.8) is 0 Å². The van der Waals surface area contributed by atoms with Crippen molar-refractivity contribution in [1.82, 2.24) is 25.2 Å². The molecule has 8 nitrogen and oxygen atoms in total. The van der Waals surface area contributed by atoms with Crippen LogP contribution in [0.25, 0.3) is 11.4 Å². The van der Waals surface area contributed by atoms with E-state index in [1.54, 1.807) is 19.3 Å². The Morgan fingerprint density at radius 1 is 1.13 bits per heavy atom. The van der Waals surface area contributed by atoms with Crippen LogP contribution in [0.2, 0.25) is 0 Å². The minimum atomic E-state index is -0.117. The minimum absolute atomic E-state index is 0.0522. The maximum Gasteiger partial charge on any atom is 0.250 e. The van der Waals surface area contributed by atoms with Crippen LogP contribution < -0.4 is 5.56 Å². The molecule has 0 radical (unpaired) electrons. The average Bonchev–Trinajstić information content (AvgIpc) is 3.33. The maximum absolute atomic E-state index is 11.8. The largest absolute Gasteiger partial charge is 0.411 e. The van der Waals surface area contributed by atoms with E-state index in [1.807, 2.05) is 36.4 Å². The number of aromatic nitrogens is 5. The molecular formula is C23H22N6O2. The number of tetrazole rings is 1. The molecule has 0 aliphatic rings. The average molecular weight is 414 g/mol. The van der Waals surface area contributed by atoms with E-state index in [0.717, 1.165) is 22.3 Å². The number of hydrogen-bond donors (Lipinski definition) is 2. The molecule has 0 amide bonds. The molecule has 0 fully saturated rings. The zero-order valence-corrected chi connectivity index (χ0v) is 17.2. The fraction of sp³-hybridized carbons (Fsp3) is 0.174.